The van der Waals surface area contributed by atoms with E-state index < -0.39 is 10.0 Å². The van der Waals surface area contributed by atoms with Crippen LogP contribution in [-0.2, 0) is 16.6 Å². The van der Waals surface area contributed by atoms with Gasteiger partial charge in [-0.3, -0.25) is 14.8 Å². The molecule has 2 heterocycles. The van der Waals surface area contributed by atoms with Crippen LogP contribution < -0.4 is 10.0 Å². The highest BCUT2D eigenvalue weighted by Gasteiger charge is 2.21. The van der Waals surface area contributed by atoms with Crippen molar-refractivity contribution in [1.29, 1.82) is 0 Å². The van der Waals surface area contributed by atoms with Crippen LogP contribution in [0.25, 0.3) is 0 Å². The number of anilines is 1. The zero-order chi connectivity index (χ0) is 15.3. The van der Waals surface area contributed by atoms with E-state index in [9.17, 15) is 8.42 Å². The van der Waals surface area contributed by atoms with Crippen molar-refractivity contribution in [2.24, 2.45) is 0 Å². The number of aromatic amines is 1. The van der Waals surface area contributed by atoms with Crippen LogP contribution in [0.2, 0.25) is 0 Å². The van der Waals surface area contributed by atoms with Gasteiger partial charge in [0.2, 0.25) is 0 Å². The SMILES string of the molecule is CCCNCc1cn[nH]c1S(=O)(=O)Nc1cnccc1C. The van der Waals surface area contributed by atoms with E-state index in [2.05, 4.69) is 25.2 Å². The molecule has 0 bridgehead atoms. The molecule has 0 aliphatic carbocycles. The van der Waals surface area contributed by atoms with Crippen LogP contribution in [0.4, 0.5) is 5.69 Å². The first-order valence-corrected chi connectivity index (χ1v) is 8.19. The Hall–Kier alpha value is -1.93. The molecule has 8 heteroatoms. The molecule has 0 unspecified atom stereocenters. The lowest BCUT2D eigenvalue weighted by molar-refractivity contribution is 0.593. The fourth-order valence-corrected chi connectivity index (χ4v) is 3.07. The largest absolute Gasteiger partial charge is 0.313 e. The number of pyridine rings is 1. The second-order valence-electron chi connectivity index (χ2n) is 4.70. The second kappa shape index (κ2) is 6.68. The zero-order valence-electron chi connectivity index (χ0n) is 12.0. The van der Waals surface area contributed by atoms with E-state index in [0.29, 0.717) is 17.8 Å². The average molecular weight is 309 g/mol. The van der Waals surface area contributed by atoms with Crippen molar-refractivity contribution in [2.45, 2.75) is 31.8 Å². The Morgan fingerprint density at radius 1 is 1.33 bits per heavy atom. The van der Waals surface area contributed by atoms with E-state index in [4.69, 9.17) is 0 Å². The number of sulfonamides is 1. The molecule has 2 aromatic rings. The normalized spacial score (nSPS) is 11.5. The first kappa shape index (κ1) is 15.5. The average Bonchev–Trinajstić information content (AvgIpc) is 2.91. The van der Waals surface area contributed by atoms with Crippen molar-refractivity contribution >= 4 is 15.7 Å². The van der Waals surface area contributed by atoms with Gasteiger partial charge in [0.1, 0.15) is 0 Å². The van der Waals surface area contributed by atoms with Crippen LogP contribution in [0.1, 0.15) is 24.5 Å². The highest BCUT2D eigenvalue weighted by Crippen LogP contribution is 2.19. The minimum Gasteiger partial charge on any atom is -0.313 e. The Morgan fingerprint density at radius 3 is 2.86 bits per heavy atom. The monoisotopic (exact) mass is 309 g/mol. The number of hydrogen-bond acceptors (Lipinski definition) is 5. The van der Waals surface area contributed by atoms with Crippen molar-refractivity contribution in [1.82, 2.24) is 20.5 Å². The fourth-order valence-electron chi connectivity index (χ4n) is 1.82. The number of H-pyrrole nitrogens is 1. The molecule has 0 spiro atoms. The first-order chi connectivity index (χ1) is 10.0. The number of aromatic nitrogens is 3. The summed E-state index contributed by atoms with van der Waals surface area (Å²) in [5.41, 5.74) is 1.87. The Morgan fingerprint density at radius 2 is 2.14 bits per heavy atom. The lowest BCUT2D eigenvalue weighted by atomic mass is 10.3. The summed E-state index contributed by atoms with van der Waals surface area (Å²) in [6.07, 6.45) is 5.60. The smallest absolute Gasteiger partial charge is 0.279 e. The summed E-state index contributed by atoms with van der Waals surface area (Å²) < 4.78 is 27.4. The van der Waals surface area contributed by atoms with Crippen LogP contribution >= 0.6 is 0 Å². The van der Waals surface area contributed by atoms with Crippen LogP contribution in [0.3, 0.4) is 0 Å². The predicted molar refractivity (Wildman–Crippen MR) is 80.4 cm³/mol. The van der Waals surface area contributed by atoms with Crippen molar-refractivity contribution in [3.63, 3.8) is 0 Å². The van der Waals surface area contributed by atoms with Gasteiger partial charge in [0, 0.05) is 18.3 Å². The predicted octanol–water partition coefficient (Wildman–Crippen LogP) is 1.41. The van der Waals surface area contributed by atoms with E-state index in [0.717, 1.165) is 18.5 Å². The molecule has 0 atom stereocenters. The molecule has 0 aromatic carbocycles. The molecule has 0 aliphatic heterocycles. The zero-order valence-corrected chi connectivity index (χ0v) is 12.9. The van der Waals surface area contributed by atoms with Crippen molar-refractivity contribution in [3.05, 3.63) is 35.8 Å². The Labute approximate surface area is 124 Å². The van der Waals surface area contributed by atoms with E-state index in [1.54, 1.807) is 12.3 Å². The van der Waals surface area contributed by atoms with Crippen LogP contribution in [0, 0.1) is 6.92 Å². The molecule has 0 saturated heterocycles. The highest BCUT2D eigenvalue weighted by atomic mass is 32.2. The lowest BCUT2D eigenvalue weighted by Crippen LogP contribution is -2.19. The molecule has 0 amide bonds. The minimum absolute atomic E-state index is 0.0781. The second-order valence-corrected chi connectivity index (χ2v) is 6.32. The third-order valence-electron chi connectivity index (χ3n) is 2.97. The Bertz CT molecular complexity index is 696. The molecular weight excluding hydrogens is 290 g/mol. The summed E-state index contributed by atoms with van der Waals surface area (Å²) in [5, 5.41) is 9.62. The maximum absolute atomic E-state index is 12.4. The van der Waals surface area contributed by atoms with Crippen LogP contribution in [-0.4, -0.2) is 30.1 Å². The molecular formula is C13H19N5O2S. The summed E-state index contributed by atoms with van der Waals surface area (Å²) >= 11 is 0. The van der Waals surface area contributed by atoms with Gasteiger partial charge in [-0.1, -0.05) is 6.92 Å². The summed E-state index contributed by atoms with van der Waals surface area (Å²) in [7, 11) is -3.71. The van der Waals surface area contributed by atoms with Crippen LogP contribution in [0.5, 0.6) is 0 Å². The van der Waals surface area contributed by atoms with Gasteiger partial charge in [0.15, 0.2) is 5.03 Å². The summed E-state index contributed by atoms with van der Waals surface area (Å²) in [4.78, 5) is 3.93. The van der Waals surface area contributed by atoms with Gasteiger partial charge in [-0.2, -0.15) is 13.5 Å². The Balaban J connectivity index is 2.20. The van der Waals surface area contributed by atoms with Gasteiger partial charge < -0.3 is 5.32 Å². The van der Waals surface area contributed by atoms with Crippen LogP contribution in [0.15, 0.2) is 29.7 Å². The first-order valence-electron chi connectivity index (χ1n) is 6.71. The molecule has 3 N–H and O–H groups in total. The number of aryl methyl sites for hydroxylation is 1. The number of nitrogens with zero attached hydrogens (tertiary/aromatic N) is 2. The topological polar surface area (TPSA) is 99.8 Å². The number of nitrogens with one attached hydrogen (secondary N) is 3. The summed E-state index contributed by atoms with van der Waals surface area (Å²) in [6, 6.07) is 1.74. The van der Waals surface area contributed by atoms with Gasteiger partial charge in [-0.15, -0.1) is 0 Å². The van der Waals surface area contributed by atoms with Crippen molar-refractivity contribution in [2.75, 3.05) is 11.3 Å². The van der Waals surface area contributed by atoms with E-state index in [1.807, 2.05) is 13.8 Å². The highest BCUT2D eigenvalue weighted by molar-refractivity contribution is 7.92. The molecule has 2 aromatic heterocycles. The maximum Gasteiger partial charge on any atom is 0.279 e. The standard InChI is InChI=1S/C13H19N5O2S/c1-3-5-14-7-11-8-16-17-13(11)21(19,20)18-12-9-15-6-4-10(12)2/h4,6,8-9,14,18H,3,5,7H2,1-2H3,(H,16,17). The summed E-state index contributed by atoms with van der Waals surface area (Å²) in [6.45, 7) is 5.13. The molecule has 0 radical (unpaired) electrons. The van der Waals surface area contributed by atoms with Gasteiger partial charge in [-0.25, -0.2) is 0 Å². The molecule has 0 saturated carbocycles. The summed E-state index contributed by atoms with van der Waals surface area (Å²) in [5.74, 6) is 0. The lowest BCUT2D eigenvalue weighted by Gasteiger charge is -2.10. The van der Waals surface area contributed by atoms with Gasteiger partial charge in [-0.05, 0) is 31.5 Å². The molecule has 7 nitrogen and oxygen atoms in total. The molecule has 21 heavy (non-hydrogen) atoms. The quantitative estimate of drug-likeness (QED) is 0.672. The maximum atomic E-state index is 12.4. The van der Waals surface area contributed by atoms with Crippen molar-refractivity contribution < 1.29 is 8.42 Å². The molecule has 0 fully saturated rings. The molecule has 2 rings (SSSR count). The third kappa shape index (κ3) is 3.79. The van der Waals surface area contributed by atoms with E-state index in [-0.39, 0.29) is 5.03 Å². The van der Waals surface area contributed by atoms with E-state index >= 15 is 0 Å². The fraction of sp³-hybridized carbons (Fsp3) is 0.385. The van der Waals surface area contributed by atoms with Gasteiger partial charge in [0.25, 0.3) is 10.0 Å². The Kier molecular flexibility index (Phi) is 4.92. The number of rotatable bonds is 7. The van der Waals surface area contributed by atoms with Gasteiger partial charge in [0.05, 0.1) is 18.1 Å². The van der Waals surface area contributed by atoms with E-state index in [1.165, 1.54) is 12.4 Å². The third-order valence-corrected chi connectivity index (χ3v) is 4.35. The molecule has 114 valence electrons. The minimum atomic E-state index is -3.71. The number of hydrogen-bond donors (Lipinski definition) is 3. The molecule has 0 aliphatic rings. The van der Waals surface area contributed by atoms with Gasteiger partial charge >= 0.3 is 0 Å². The van der Waals surface area contributed by atoms with Crippen molar-refractivity contribution in [3.8, 4) is 0 Å².